The van der Waals surface area contributed by atoms with Gasteiger partial charge in [0, 0.05) is 15.7 Å². The average Bonchev–Trinajstić information content (AvgIpc) is 3.28. The number of benzene rings is 3. The van der Waals surface area contributed by atoms with Crippen LogP contribution >= 0.6 is 27.7 Å². The maximum Gasteiger partial charge on any atom is 0.250 e. The number of carbonyl (C=O) groups is 1. The molecule has 8 nitrogen and oxygen atoms in total. The molecule has 0 saturated heterocycles. The smallest absolute Gasteiger partial charge is 0.250 e. The van der Waals surface area contributed by atoms with E-state index in [9.17, 15) is 9.90 Å². The fourth-order valence-corrected chi connectivity index (χ4v) is 4.08. The van der Waals surface area contributed by atoms with Crippen LogP contribution in [0.2, 0.25) is 0 Å². The van der Waals surface area contributed by atoms with E-state index in [-0.39, 0.29) is 17.4 Å². The monoisotopic (exact) mass is 537 g/mol. The third kappa shape index (κ3) is 5.64. The normalized spacial score (nSPS) is 11.0. The number of phenolic OH excluding ortho intramolecular Hbond substituents is 1. The summed E-state index contributed by atoms with van der Waals surface area (Å²) in [7, 11) is 1.46. The highest BCUT2D eigenvalue weighted by atomic mass is 79.9. The Morgan fingerprint density at radius 3 is 2.65 bits per heavy atom. The van der Waals surface area contributed by atoms with Gasteiger partial charge in [0.25, 0.3) is 5.91 Å². The molecule has 34 heavy (non-hydrogen) atoms. The Morgan fingerprint density at radius 1 is 1.15 bits per heavy atom. The van der Waals surface area contributed by atoms with Crippen molar-refractivity contribution >= 4 is 39.8 Å². The van der Waals surface area contributed by atoms with Crippen LogP contribution in [0.3, 0.4) is 0 Å². The van der Waals surface area contributed by atoms with Crippen LogP contribution in [0, 0.1) is 0 Å². The molecule has 2 N–H and O–H groups in total. The molecule has 0 aliphatic rings. The molecule has 4 rings (SSSR count). The maximum atomic E-state index is 12.4. The first-order chi connectivity index (χ1) is 16.5. The third-order valence-corrected chi connectivity index (χ3v) is 6.15. The number of methoxy groups -OCH3 is 1. The average molecular weight is 538 g/mol. The van der Waals surface area contributed by atoms with E-state index in [2.05, 4.69) is 36.7 Å². The van der Waals surface area contributed by atoms with Crippen LogP contribution in [0.5, 0.6) is 11.5 Å². The van der Waals surface area contributed by atoms with Crippen molar-refractivity contribution in [3.63, 3.8) is 0 Å². The summed E-state index contributed by atoms with van der Waals surface area (Å²) in [5.74, 6) is 0.847. The van der Waals surface area contributed by atoms with Gasteiger partial charge < -0.3 is 9.84 Å². The van der Waals surface area contributed by atoms with E-state index in [4.69, 9.17) is 4.74 Å². The fourth-order valence-electron chi connectivity index (χ4n) is 3.07. The minimum absolute atomic E-state index is 0.0325. The van der Waals surface area contributed by atoms with Crippen LogP contribution in [0.25, 0.3) is 17.1 Å². The molecule has 1 amide bonds. The van der Waals surface area contributed by atoms with Crippen molar-refractivity contribution in [1.29, 1.82) is 0 Å². The van der Waals surface area contributed by atoms with E-state index in [1.165, 1.54) is 31.2 Å². The number of carbonyl (C=O) groups excluding carboxylic acids is 1. The zero-order chi connectivity index (χ0) is 23.9. The molecular weight excluding hydrogens is 518 g/mol. The number of hydrogen-bond donors (Lipinski definition) is 2. The maximum absolute atomic E-state index is 12.4. The molecule has 4 aromatic rings. The molecule has 0 saturated carbocycles. The van der Waals surface area contributed by atoms with Crippen LogP contribution < -0.4 is 10.2 Å². The molecule has 0 radical (unpaired) electrons. The third-order valence-electron chi connectivity index (χ3n) is 4.69. The first-order valence-corrected chi connectivity index (χ1v) is 11.9. The SMILES string of the molecule is COc1cc(/C=N/NC(=O)CSc2nnc(-c3ccc(Br)cc3)n2-c2ccccc2)ccc1O. The summed E-state index contributed by atoms with van der Waals surface area (Å²) in [6.07, 6.45) is 1.47. The number of rotatable bonds is 8. The molecule has 1 aromatic heterocycles. The van der Waals surface area contributed by atoms with Crippen molar-refractivity contribution in [3.05, 3.63) is 82.8 Å². The molecule has 0 unspecified atom stereocenters. The number of phenols is 1. The predicted molar refractivity (Wildman–Crippen MR) is 136 cm³/mol. The fraction of sp³-hybridized carbons (Fsp3) is 0.0833. The second-order valence-electron chi connectivity index (χ2n) is 7.00. The second kappa shape index (κ2) is 11.0. The molecule has 3 aromatic carbocycles. The molecule has 172 valence electrons. The van der Waals surface area contributed by atoms with E-state index < -0.39 is 0 Å². The van der Waals surface area contributed by atoms with Gasteiger partial charge in [-0.2, -0.15) is 5.10 Å². The minimum Gasteiger partial charge on any atom is -0.504 e. The Balaban J connectivity index is 1.47. The number of aromatic hydroxyl groups is 1. The van der Waals surface area contributed by atoms with Crippen molar-refractivity contribution in [2.24, 2.45) is 5.10 Å². The number of thioether (sulfide) groups is 1. The lowest BCUT2D eigenvalue weighted by atomic mass is 10.2. The Kier molecular flexibility index (Phi) is 7.61. The zero-order valence-electron chi connectivity index (χ0n) is 18.1. The predicted octanol–water partition coefficient (Wildman–Crippen LogP) is 4.65. The Morgan fingerprint density at radius 2 is 1.91 bits per heavy atom. The lowest BCUT2D eigenvalue weighted by Gasteiger charge is -2.10. The number of nitrogens with zero attached hydrogens (tertiary/aromatic N) is 4. The molecule has 10 heteroatoms. The summed E-state index contributed by atoms with van der Waals surface area (Å²) in [6.45, 7) is 0. The number of hydrogen-bond acceptors (Lipinski definition) is 7. The molecule has 0 aliphatic carbocycles. The van der Waals surface area contributed by atoms with Crippen molar-refractivity contribution in [1.82, 2.24) is 20.2 Å². The number of nitrogens with one attached hydrogen (secondary N) is 1. The number of hydrazone groups is 1. The van der Waals surface area contributed by atoms with Crippen molar-refractivity contribution in [3.8, 4) is 28.6 Å². The van der Waals surface area contributed by atoms with Gasteiger partial charge in [-0.15, -0.1) is 10.2 Å². The number of aromatic nitrogens is 3. The molecule has 0 bridgehead atoms. The van der Waals surface area contributed by atoms with E-state index in [1.54, 1.807) is 12.1 Å². The van der Waals surface area contributed by atoms with E-state index in [0.717, 1.165) is 15.7 Å². The van der Waals surface area contributed by atoms with Crippen LogP contribution in [0.15, 0.2) is 87.5 Å². The van der Waals surface area contributed by atoms with Gasteiger partial charge in [-0.25, -0.2) is 5.43 Å². The van der Waals surface area contributed by atoms with Crippen LogP contribution in [-0.4, -0.2) is 44.9 Å². The number of ether oxygens (including phenoxy) is 1. The number of para-hydroxylation sites is 1. The van der Waals surface area contributed by atoms with E-state index in [1.807, 2.05) is 59.2 Å². The number of halogens is 1. The van der Waals surface area contributed by atoms with Crippen molar-refractivity contribution in [2.45, 2.75) is 5.16 Å². The van der Waals surface area contributed by atoms with Gasteiger partial charge in [-0.3, -0.25) is 9.36 Å². The summed E-state index contributed by atoms with van der Waals surface area (Å²) in [6, 6.07) is 22.3. The van der Waals surface area contributed by atoms with Gasteiger partial charge in [-0.1, -0.05) is 58.0 Å². The summed E-state index contributed by atoms with van der Waals surface area (Å²) in [5.41, 5.74) is 4.98. The molecule has 0 aliphatic heterocycles. The first kappa shape index (κ1) is 23.5. The molecular formula is C24H20BrN5O3S. The highest BCUT2D eigenvalue weighted by molar-refractivity contribution is 9.10. The van der Waals surface area contributed by atoms with E-state index in [0.29, 0.717) is 22.3 Å². The summed E-state index contributed by atoms with van der Waals surface area (Å²) < 4.78 is 7.96. The van der Waals surface area contributed by atoms with Gasteiger partial charge >= 0.3 is 0 Å². The zero-order valence-corrected chi connectivity index (χ0v) is 20.5. The molecule has 1 heterocycles. The quantitative estimate of drug-likeness (QED) is 0.192. The van der Waals surface area contributed by atoms with Gasteiger partial charge in [0.1, 0.15) is 0 Å². The molecule has 0 fully saturated rings. The lowest BCUT2D eigenvalue weighted by Crippen LogP contribution is -2.20. The molecule has 0 spiro atoms. The Labute approximate surface area is 208 Å². The first-order valence-electron chi connectivity index (χ1n) is 10.1. The van der Waals surface area contributed by atoms with Crippen molar-refractivity contribution < 1.29 is 14.6 Å². The van der Waals surface area contributed by atoms with E-state index >= 15 is 0 Å². The van der Waals surface area contributed by atoms with Crippen LogP contribution in [0.4, 0.5) is 0 Å². The largest absolute Gasteiger partial charge is 0.504 e. The summed E-state index contributed by atoms with van der Waals surface area (Å²) in [4.78, 5) is 12.4. The highest BCUT2D eigenvalue weighted by Crippen LogP contribution is 2.29. The highest BCUT2D eigenvalue weighted by Gasteiger charge is 2.17. The standard InChI is InChI=1S/C24H20BrN5O3S/c1-33-21-13-16(7-12-20(21)31)14-26-27-22(32)15-34-24-29-28-23(17-8-10-18(25)11-9-17)30(24)19-5-3-2-4-6-19/h2-14,31H,15H2,1H3,(H,27,32)/b26-14+. The van der Waals surface area contributed by atoms with Crippen molar-refractivity contribution in [2.75, 3.05) is 12.9 Å². The minimum atomic E-state index is -0.292. The van der Waals surface area contributed by atoms with Gasteiger partial charge in [0.2, 0.25) is 0 Å². The van der Waals surface area contributed by atoms with Crippen LogP contribution in [0.1, 0.15) is 5.56 Å². The second-order valence-corrected chi connectivity index (χ2v) is 8.86. The Bertz CT molecular complexity index is 1310. The van der Waals surface area contributed by atoms with Crippen LogP contribution in [-0.2, 0) is 4.79 Å². The lowest BCUT2D eigenvalue weighted by molar-refractivity contribution is -0.118. The topological polar surface area (TPSA) is 102 Å². The summed E-state index contributed by atoms with van der Waals surface area (Å²) in [5, 5.41) is 22.9. The summed E-state index contributed by atoms with van der Waals surface area (Å²) >= 11 is 4.72. The Hall–Kier alpha value is -3.63. The number of amides is 1. The molecule has 0 atom stereocenters. The van der Waals surface area contributed by atoms with Gasteiger partial charge in [-0.05, 0) is 48.0 Å². The van der Waals surface area contributed by atoms with Gasteiger partial charge in [0.15, 0.2) is 22.5 Å². The van der Waals surface area contributed by atoms with Gasteiger partial charge in [0.05, 0.1) is 19.1 Å².